The molecule has 1 heterocycles. The van der Waals surface area contributed by atoms with Crippen LogP contribution in [0, 0.1) is 0 Å². The largest absolute Gasteiger partial charge is 0.339 e. The molecule has 0 unspecified atom stereocenters. The molecule has 0 bridgehead atoms. The molecule has 0 saturated heterocycles. The second-order valence-electron chi connectivity index (χ2n) is 6.50. The Kier molecular flexibility index (Phi) is 6.21. The van der Waals surface area contributed by atoms with E-state index in [0.717, 1.165) is 23.4 Å². The zero-order chi connectivity index (χ0) is 19.2. The molecule has 0 saturated carbocycles. The maximum Gasteiger partial charge on any atom is 0.227 e. The Balaban J connectivity index is 1.54. The summed E-state index contributed by atoms with van der Waals surface area (Å²) in [6.45, 7) is 0.819. The summed E-state index contributed by atoms with van der Waals surface area (Å²) in [5.74, 6) is 0.818. The fourth-order valence-corrected chi connectivity index (χ4v) is 2.76. The quantitative estimate of drug-likeness (QED) is 0.666. The minimum Gasteiger partial charge on any atom is -0.339 e. The third kappa shape index (κ3) is 5.64. The first-order chi connectivity index (χ1) is 13.0. The Morgan fingerprint density at radius 1 is 1.19 bits per heavy atom. The van der Waals surface area contributed by atoms with Gasteiger partial charge in [-0.25, -0.2) is 0 Å². The van der Waals surface area contributed by atoms with Crippen LogP contribution in [0.5, 0.6) is 0 Å². The van der Waals surface area contributed by atoms with E-state index in [1.165, 1.54) is 0 Å². The molecule has 0 fully saturated rings. The number of hydrogen-bond acceptors (Lipinski definition) is 5. The highest BCUT2D eigenvalue weighted by Gasteiger charge is 2.11. The van der Waals surface area contributed by atoms with Gasteiger partial charge in [-0.1, -0.05) is 28.9 Å². The average molecular weight is 385 g/mol. The SMILES string of the molecule is CN(C)Cc1cccc(NC(=O)CCc2nc(-c3ccc(Cl)cc3)no2)c1. The van der Waals surface area contributed by atoms with Crippen LogP contribution in [0.25, 0.3) is 11.4 Å². The van der Waals surface area contributed by atoms with Gasteiger partial charge in [0.2, 0.25) is 17.6 Å². The van der Waals surface area contributed by atoms with Crippen molar-refractivity contribution in [2.45, 2.75) is 19.4 Å². The van der Waals surface area contributed by atoms with E-state index in [0.29, 0.717) is 23.2 Å². The first-order valence-corrected chi connectivity index (χ1v) is 8.99. The first kappa shape index (κ1) is 19.1. The number of carbonyl (C=O) groups excluding carboxylic acids is 1. The van der Waals surface area contributed by atoms with Gasteiger partial charge in [0.1, 0.15) is 0 Å². The summed E-state index contributed by atoms with van der Waals surface area (Å²) in [7, 11) is 4.02. The molecule has 1 amide bonds. The van der Waals surface area contributed by atoms with Gasteiger partial charge in [-0.3, -0.25) is 4.79 Å². The van der Waals surface area contributed by atoms with E-state index in [1.807, 2.05) is 50.5 Å². The minimum absolute atomic E-state index is 0.0942. The molecule has 1 N–H and O–H groups in total. The maximum atomic E-state index is 12.2. The lowest BCUT2D eigenvalue weighted by Gasteiger charge is -2.11. The van der Waals surface area contributed by atoms with Gasteiger partial charge in [0.05, 0.1) is 0 Å². The van der Waals surface area contributed by atoms with Gasteiger partial charge in [-0.2, -0.15) is 4.98 Å². The highest BCUT2D eigenvalue weighted by Crippen LogP contribution is 2.19. The Morgan fingerprint density at radius 3 is 2.70 bits per heavy atom. The lowest BCUT2D eigenvalue weighted by atomic mass is 10.2. The first-order valence-electron chi connectivity index (χ1n) is 8.61. The standard InChI is InChI=1S/C20H21ClN4O2/c1-25(2)13-14-4-3-5-17(12-14)22-18(26)10-11-19-23-20(24-27-19)15-6-8-16(21)9-7-15/h3-9,12H,10-11,13H2,1-2H3,(H,22,26). The third-order valence-electron chi connectivity index (χ3n) is 3.85. The van der Waals surface area contributed by atoms with Gasteiger partial charge in [-0.15, -0.1) is 0 Å². The molecule has 0 aliphatic heterocycles. The van der Waals surface area contributed by atoms with Crippen LogP contribution in [0.4, 0.5) is 5.69 Å². The lowest BCUT2D eigenvalue weighted by Crippen LogP contribution is -2.14. The molecular formula is C20H21ClN4O2. The van der Waals surface area contributed by atoms with Crippen LogP contribution >= 0.6 is 11.6 Å². The molecule has 6 nitrogen and oxygen atoms in total. The van der Waals surface area contributed by atoms with Crippen molar-refractivity contribution in [2.24, 2.45) is 0 Å². The second kappa shape index (κ2) is 8.79. The molecule has 0 aliphatic carbocycles. The monoisotopic (exact) mass is 384 g/mol. The van der Waals surface area contributed by atoms with Crippen molar-refractivity contribution >= 4 is 23.2 Å². The van der Waals surface area contributed by atoms with Gasteiger partial charge in [0, 0.05) is 35.7 Å². The van der Waals surface area contributed by atoms with Crippen LogP contribution in [-0.4, -0.2) is 35.0 Å². The van der Waals surface area contributed by atoms with Gasteiger partial charge in [-0.05, 0) is 56.1 Å². The number of hydrogen-bond donors (Lipinski definition) is 1. The summed E-state index contributed by atoms with van der Waals surface area (Å²) in [4.78, 5) is 18.6. The second-order valence-corrected chi connectivity index (χ2v) is 6.94. The Hall–Kier alpha value is -2.70. The normalized spacial score (nSPS) is 11.0. The summed E-state index contributed by atoms with van der Waals surface area (Å²) in [6, 6.07) is 15.0. The smallest absolute Gasteiger partial charge is 0.227 e. The Bertz CT molecular complexity index is 906. The Labute approximate surface area is 163 Å². The topological polar surface area (TPSA) is 71.3 Å². The zero-order valence-corrected chi connectivity index (χ0v) is 16.0. The number of benzene rings is 2. The van der Waals surface area contributed by atoms with Crippen LogP contribution in [0.2, 0.25) is 5.02 Å². The van der Waals surface area contributed by atoms with Crippen molar-refractivity contribution in [1.82, 2.24) is 15.0 Å². The molecule has 0 atom stereocenters. The van der Waals surface area contributed by atoms with Crippen molar-refractivity contribution in [2.75, 3.05) is 19.4 Å². The molecule has 3 rings (SSSR count). The Morgan fingerprint density at radius 2 is 1.96 bits per heavy atom. The highest BCUT2D eigenvalue weighted by molar-refractivity contribution is 6.30. The molecule has 2 aromatic carbocycles. The van der Waals surface area contributed by atoms with Crippen LogP contribution in [0.15, 0.2) is 53.1 Å². The number of carbonyl (C=O) groups is 1. The van der Waals surface area contributed by atoms with Crippen molar-refractivity contribution < 1.29 is 9.32 Å². The van der Waals surface area contributed by atoms with E-state index >= 15 is 0 Å². The van der Waals surface area contributed by atoms with Crippen LogP contribution in [0.1, 0.15) is 17.9 Å². The number of aromatic nitrogens is 2. The van der Waals surface area contributed by atoms with E-state index in [-0.39, 0.29) is 12.3 Å². The molecule has 3 aromatic rings. The molecule has 7 heteroatoms. The van der Waals surface area contributed by atoms with Gasteiger partial charge in [0.25, 0.3) is 0 Å². The molecule has 0 spiro atoms. The minimum atomic E-state index is -0.0942. The van der Waals surface area contributed by atoms with Crippen molar-refractivity contribution in [1.29, 1.82) is 0 Å². The summed E-state index contributed by atoms with van der Waals surface area (Å²) in [5.41, 5.74) is 2.74. The number of amides is 1. The summed E-state index contributed by atoms with van der Waals surface area (Å²) >= 11 is 5.88. The third-order valence-corrected chi connectivity index (χ3v) is 4.10. The number of rotatable bonds is 7. The highest BCUT2D eigenvalue weighted by atomic mass is 35.5. The summed E-state index contributed by atoms with van der Waals surface area (Å²) < 4.78 is 5.23. The van der Waals surface area contributed by atoms with Crippen molar-refractivity contribution in [3.05, 3.63) is 65.0 Å². The van der Waals surface area contributed by atoms with Gasteiger partial charge < -0.3 is 14.7 Å². The van der Waals surface area contributed by atoms with E-state index in [4.69, 9.17) is 16.1 Å². The average Bonchev–Trinajstić information content (AvgIpc) is 3.09. The van der Waals surface area contributed by atoms with E-state index < -0.39 is 0 Å². The summed E-state index contributed by atoms with van der Waals surface area (Å²) in [5, 5.41) is 7.51. The van der Waals surface area contributed by atoms with Crippen molar-refractivity contribution in [3.63, 3.8) is 0 Å². The van der Waals surface area contributed by atoms with Gasteiger partial charge >= 0.3 is 0 Å². The molecule has 0 aliphatic rings. The van der Waals surface area contributed by atoms with Crippen LogP contribution in [-0.2, 0) is 17.8 Å². The fraction of sp³-hybridized carbons (Fsp3) is 0.250. The van der Waals surface area contributed by atoms with Crippen LogP contribution in [0.3, 0.4) is 0 Å². The summed E-state index contributed by atoms with van der Waals surface area (Å²) in [6.07, 6.45) is 0.643. The zero-order valence-electron chi connectivity index (χ0n) is 15.3. The molecule has 140 valence electrons. The maximum absolute atomic E-state index is 12.2. The lowest BCUT2D eigenvalue weighted by molar-refractivity contribution is -0.116. The predicted molar refractivity (Wildman–Crippen MR) is 106 cm³/mol. The van der Waals surface area contributed by atoms with Crippen LogP contribution < -0.4 is 5.32 Å². The molecule has 0 radical (unpaired) electrons. The number of halogens is 1. The number of nitrogens with zero attached hydrogens (tertiary/aromatic N) is 3. The van der Waals surface area contributed by atoms with E-state index in [2.05, 4.69) is 20.4 Å². The van der Waals surface area contributed by atoms with E-state index in [9.17, 15) is 4.79 Å². The molecule has 27 heavy (non-hydrogen) atoms. The predicted octanol–water partition coefficient (Wildman–Crippen LogP) is 4.02. The molecular weight excluding hydrogens is 364 g/mol. The van der Waals surface area contributed by atoms with E-state index in [1.54, 1.807) is 12.1 Å². The van der Waals surface area contributed by atoms with Gasteiger partial charge in [0.15, 0.2) is 0 Å². The number of aryl methyl sites for hydroxylation is 1. The van der Waals surface area contributed by atoms with Crippen molar-refractivity contribution in [3.8, 4) is 11.4 Å². The number of anilines is 1. The molecule has 1 aromatic heterocycles. The number of nitrogens with one attached hydrogen (secondary N) is 1. The fourth-order valence-electron chi connectivity index (χ4n) is 2.63.